The first-order valence-corrected chi connectivity index (χ1v) is 7.38. The fourth-order valence-electron chi connectivity index (χ4n) is 2.73. The summed E-state index contributed by atoms with van der Waals surface area (Å²) in [5.41, 5.74) is 7.99. The van der Waals surface area contributed by atoms with Crippen LogP contribution in [0.15, 0.2) is 18.2 Å². The predicted molar refractivity (Wildman–Crippen MR) is 81.0 cm³/mol. The first-order chi connectivity index (χ1) is 9.60. The Morgan fingerprint density at radius 2 is 2.30 bits per heavy atom. The summed E-state index contributed by atoms with van der Waals surface area (Å²) in [4.78, 5) is 11.2. The Morgan fingerprint density at radius 1 is 1.50 bits per heavy atom. The maximum Gasteiger partial charge on any atom is 0.248 e. The van der Waals surface area contributed by atoms with Gasteiger partial charge in [0.2, 0.25) is 5.91 Å². The Balaban J connectivity index is 2.00. The van der Waals surface area contributed by atoms with Gasteiger partial charge in [-0.25, -0.2) is 0 Å². The van der Waals surface area contributed by atoms with Crippen LogP contribution in [0.4, 0.5) is 5.69 Å². The van der Waals surface area contributed by atoms with Gasteiger partial charge >= 0.3 is 0 Å². The zero-order valence-corrected chi connectivity index (χ0v) is 12.3. The molecule has 0 aliphatic carbocycles. The SMILES string of the molecule is CCCC1CC(Nc2ccc(C(N)=O)cc2C)CCO1. The van der Waals surface area contributed by atoms with Crippen molar-refractivity contribution in [2.45, 2.75) is 51.7 Å². The summed E-state index contributed by atoms with van der Waals surface area (Å²) in [5.74, 6) is -0.381. The van der Waals surface area contributed by atoms with Crippen LogP contribution in [-0.4, -0.2) is 24.7 Å². The number of carbonyl (C=O) groups excluding carboxylic acids is 1. The number of benzene rings is 1. The van der Waals surface area contributed by atoms with Crippen molar-refractivity contribution < 1.29 is 9.53 Å². The molecule has 1 aliphatic heterocycles. The van der Waals surface area contributed by atoms with E-state index in [0.29, 0.717) is 17.7 Å². The van der Waals surface area contributed by atoms with E-state index in [2.05, 4.69) is 12.2 Å². The molecule has 0 aromatic heterocycles. The lowest BCUT2D eigenvalue weighted by atomic mass is 9.99. The summed E-state index contributed by atoms with van der Waals surface area (Å²) in [6, 6.07) is 6.01. The Kier molecular flexibility index (Phi) is 5.01. The van der Waals surface area contributed by atoms with Crippen molar-refractivity contribution in [2.24, 2.45) is 5.73 Å². The Morgan fingerprint density at radius 3 is 2.95 bits per heavy atom. The number of aryl methyl sites for hydroxylation is 1. The molecule has 0 spiro atoms. The fourth-order valence-corrected chi connectivity index (χ4v) is 2.73. The molecule has 1 fully saturated rings. The standard InChI is InChI=1S/C16H24N2O2/c1-3-4-14-10-13(7-8-20-14)18-15-6-5-12(16(17)19)9-11(15)2/h5-6,9,13-14,18H,3-4,7-8,10H2,1-2H3,(H2,17,19). The van der Waals surface area contributed by atoms with E-state index < -0.39 is 0 Å². The van der Waals surface area contributed by atoms with Gasteiger partial charge < -0.3 is 15.8 Å². The summed E-state index contributed by atoms with van der Waals surface area (Å²) >= 11 is 0. The zero-order chi connectivity index (χ0) is 14.5. The highest BCUT2D eigenvalue weighted by Crippen LogP contribution is 2.24. The topological polar surface area (TPSA) is 64.3 Å². The normalized spacial score (nSPS) is 22.5. The summed E-state index contributed by atoms with van der Waals surface area (Å²) < 4.78 is 5.77. The van der Waals surface area contributed by atoms with E-state index in [-0.39, 0.29) is 5.91 Å². The fraction of sp³-hybridized carbons (Fsp3) is 0.562. The quantitative estimate of drug-likeness (QED) is 0.869. The number of rotatable bonds is 5. The van der Waals surface area contributed by atoms with Crippen LogP contribution in [0.5, 0.6) is 0 Å². The van der Waals surface area contributed by atoms with Crippen molar-refractivity contribution in [1.82, 2.24) is 0 Å². The Labute approximate surface area is 120 Å². The zero-order valence-electron chi connectivity index (χ0n) is 12.3. The van der Waals surface area contributed by atoms with Crippen molar-refractivity contribution in [3.63, 3.8) is 0 Å². The summed E-state index contributed by atoms with van der Waals surface area (Å²) in [5, 5.41) is 3.57. The molecule has 1 heterocycles. The van der Waals surface area contributed by atoms with Gasteiger partial charge in [-0.3, -0.25) is 4.79 Å². The van der Waals surface area contributed by atoms with Gasteiger partial charge in [-0.15, -0.1) is 0 Å². The highest BCUT2D eigenvalue weighted by molar-refractivity contribution is 5.93. The molecule has 0 bridgehead atoms. The van der Waals surface area contributed by atoms with E-state index >= 15 is 0 Å². The molecule has 20 heavy (non-hydrogen) atoms. The van der Waals surface area contributed by atoms with Gasteiger partial charge in [0.05, 0.1) is 6.10 Å². The molecule has 1 aromatic carbocycles. The molecular weight excluding hydrogens is 252 g/mol. The smallest absolute Gasteiger partial charge is 0.248 e. The molecule has 3 N–H and O–H groups in total. The van der Waals surface area contributed by atoms with Crippen molar-refractivity contribution >= 4 is 11.6 Å². The second-order valence-corrected chi connectivity index (χ2v) is 5.54. The average Bonchev–Trinajstić information content (AvgIpc) is 2.42. The molecule has 1 aromatic rings. The van der Waals surface area contributed by atoms with E-state index in [1.54, 1.807) is 6.07 Å². The maximum atomic E-state index is 11.2. The Hall–Kier alpha value is -1.55. The second kappa shape index (κ2) is 6.75. The van der Waals surface area contributed by atoms with Gasteiger partial charge in [0.1, 0.15) is 0 Å². The number of anilines is 1. The minimum atomic E-state index is -0.381. The monoisotopic (exact) mass is 276 g/mol. The lowest BCUT2D eigenvalue weighted by molar-refractivity contribution is 0.00597. The molecule has 4 nitrogen and oxygen atoms in total. The number of hydrogen-bond donors (Lipinski definition) is 2. The molecular formula is C16H24N2O2. The number of primary amides is 1. The molecule has 4 heteroatoms. The van der Waals surface area contributed by atoms with Crippen LogP contribution < -0.4 is 11.1 Å². The minimum absolute atomic E-state index is 0.372. The largest absolute Gasteiger partial charge is 0.382 e. The van der Waals surface area contributed by atoms with Crippen molar-refractivity contribution in [1.29, 1.82) is 0 Å². The molecule has 2 rings (SSSR count). The van der Waals surface area contributed by atoms with Gasteiger partial charge in [0.25, 0.3) is 0 Å². The van der Waals surface area contributed by atoms with Crippen molar-refractivity contribution in [2.75, 3.05) is 11.9 Å². The Bertz CT molecular complexity index is 472. The molecule has 2 atom stereocenters. The van der Waals surface area contributed by atoms with Crippen LogP contribution in [-0.2, 0) is 4.74 Å². The maximum absolute atomic E-state index is 11.2. The van der Waals surface area contributed by atoms with Crippen LogP contribution in [0.2, 0.25) is 0 Å². The van der Waals surface area contributed by atoms with Crippen LogP contribution in [0.1, 0.15) is 48.5 Å². The van der Waals surface area contributed by atoms with Gasteiger partial charge in [-0.2, -0.15) is 0 Å². The minimum Gasteiger partial charge on any atom is -0.382 e. The van der Waals surface area contributed by atoms with E-state index in [1.807, 2.05) is 19.1 Å². The number of amides is 1. The first-order valence-electron chi connectivity index (χ1n) is 7.38. The third-order valence-electron chi connectivity index (χ3n) is 3.85. The third-order valence-corrected chi connectivity index (χ3v) is 3.85. The number of carbonyl (C=O) groups is 1. The van der Waals surface area contributed by atoms with Crippen LogP contribution in [0.25, 0.3) is 0 Å². The van der Waals surface area contributed by atoms with Crippen LogP contribution >= 0.6 is 0 Å². The van der Waals surface area contributed by atoms with Crippen molar-refractivity contribution in [3.8, 4) is 0 Å². The van der Waals surface area contributed by atoms with Gasteiger partial charge in [-0.1, -0.05) is 13.3 Å². The molecule has 1 amide bonds. The first kappa shape index (κ1) is 14.9. The number of nitrogens with one attached hydrogen (secondary N) is 1. The second-order valence-electron chi connectivity index (χ2n) is 5.54. The number of hydrogen-bond acceptors (Lipinski definition) is 3. The molecule has 2 unspecified atom stereocenters. The highest BCUT2D eigenvalue weighted by atomic mass is 16.5. The van der Waals surface area contributed by atoms with Gasteiger partial charge in [0, 0.05) is 23.9 Å². The van der Waals surface area contributed by atoms with E-state index in [9.17, 15) is 4.79 Å². The van der Waals surface area contributed by atoms with E-state index in [1.165, 1.54) is 0 Å². The predicted octanol–water partition coefficient (Wildman–Crippen LogP) is 2.85. The summed E-state index contributed by atoms with van der Waals surface area (Å²) in [7, 11) is 0. The van der Waals surface area contributed by atoms with Gasteiger partial charge in [0.15, 0.2) is 0 Å². The average molecular weight is 276 g/mol. The van der Waals surface area contributed by atoms with Gasteiger partial charge in [-0.05, 0) is 49.9 Å². The molecule has 110 valence electrons. The van der Waals surface area contributed by atoms with Crippen LogP contribution in [0, 0.1) is 6.92 Å². The van der Waals surface area contributed by atoms with E-state index in [0.717, 1.165) is 43.5 Å². The third kappa shape index (κ3) is 3.73. The molecule has 0 saturated carbocycles. The molecule has 1 saturated heterocycles. The summed E-state index contributed by atoms with van der Waals surface area (Å²) in [6.07, 6.45) is 4.72. The lowest BCUT2D eigenvalue weighted by Gasteiger charge is -2.31. The van der Waals surface area contributed by atoms with Crippen LogP contribution in [0.3, 0.4) is 0 Å². The number of ether oxygens (including phenoxy) is 1. The molecule has 1 aliphatic rings. The van der Waals surface area contributed by atoms with E-state index in [4.69, 9.17) is 10.5 Å². The highest BCUT2D eigenvalue weighted by Gasteiger charge is 2.22. The molecule has 0 radical (unpaired) electrons. The summed E-state index contributed by atoms with van der Waals surface area (Å²) in [6.45, 7) is 5.01. The number of nitrogens with two attached hydrogens (primary N) is 1. The lowest BCUT2D eigenvalue weighted by Crippen LogP contribution is -2.34. The van der Waals surface area contributed by atoms with Crippen molar-refractivity contribution in [3.05, 3.63) is 29.3 Å².